The van der Waals surface area contributed by atoms with E-state index >= 15 is 0 Å². The van der Waals surface area contributed by atoms with Gasteiger partial charge < -0.3 is 24.7 Å². The second-order valence-electron chi connectivity index (χ2n) is 8.34. The van der Waals surface area contributed by atoms with Crippen LogP contribution in [0.2, 0.25) is 0 Å². The number of pyridine rings is 1. The molecule has 0 bridgehead atoms. The topological polar surface area (TPSA) is 66.6 Å². The fraction of sp³-hybridized carbons (Fsp3) is 0.214. The van der Waals surface area contributed by atoms with Gasteiger partial charge in [0.25, 0.3) is 5.56 Å². The molecule has 0 saturated heterocycles. The van der Waals surface area contributed by atoms with Gasteiger partial charge in [0.15, 0.2) is 16.6 Å². The summed E-state index contributed by atoms with van der Waals surface area (Å²) in [6.07, 6.45) is 0. The number of nitrogens with zero attached hydrogens (tertiary/aromatic N) is 1. The second kappa shape index (κ2) is 11.1. The van der Waals surface area contributed by atoms with Gasteiger partial charge in [0.2, 0.25) is 0 Å². The number of benzene rings is 3. The zero-order valence-electron chi connectivity index (χ0n) is 20.1. The molecule has 2 N–H and O–H groups in total. The lowest BCUT2D eigenvalue weighted by Gasteiger charge is -2.28. The van der Waals surface area contributed by atoms with E-state index < -0.39 is 0 Å². The number of aromatic nitrogens is 1. The number of rotatable bonds is 8. The summed E-state index contributed by atoms with van der Waals surface area (Å²) in [5.74, 6) is 1.17. The van der Waals surface area contributed by atoms with E-state index in [-0.39, 0.29) is 11.6 Å². The van der Waals surface area contributed by atoms with Gasteiger partial charge in [-0.05, 0) is 42.4 Å². The SMILES string of the molecule is COc1cc2cc(CN(Cc3ccccc3)C(=S)N[C@H](C)c3ccccc3)c(=O)[nH]c2cc1OC. The van der Waals surface area contributed by atoms with E-state index in [1.165, 1.54) is 0 Å². The van der Waals surface area contributed by atoms with E-state index in [0.29, 0.717) is 40.8 Å². The molecule has 0 fully saturated rings. The average Bonchev–Trinajstić information content (AvgIpc) is 2.89. The van der Waals surface area contributed by atoms with Crippen molar-refractivity contribution < 1.29 is 9.47 Å². The molecule has 0 unspecified atom stereocenters. The summed E-state index contributed by atoms with van der Waals surface area (Å²) in [6.45, 7) is 2.99. The van der Waals surface area contributed by atoms with E-state index in [1.54, 1.807) is 20.3 Å². The summed E-state index contributed by atoms with van der Waals surface area (Å²) >= 11 is 5.83. The lowest BCUT2D eigenvalue weighted by Crippen LogP contribution is -2.41. The van der Waals surface area contributed by atoms with Gasteiger partial charge in [0, 0.05) is 23.6 Å². The average molecular weight is 488 g/mol. The molecule has 4 aromatic rings. The number of hydrogen-bond acceptors (Lipinski definition) is 4. The minimum absolute atomic E-state index is 0.0218. The van der Waals surface area contributed by atoms with Crippen molar-refractivity contribution in [1.29, 1.82) is 0 Å². The maximum atomic E-state index is 13.0. The third-order valence-electron chi connectivity index (χ3n) is 5.93. The van der Waals surface area contributed by atoms with Crippen LogP contribution in [0.5, 0.6) is 11.5 Å². The van der Waals surface area contributed by atoms with Crippen LogP contribution in [0.1, 0.15) is 29.7 Å². The Morgan fingerprint density at radius 2 is 1.57 bits per heavy atom. The first kappa shape index (κ1) is 24.3. The van der Waals surface area contributed by atoms with Crippen molar-refractivity contribution in [3.05, 3.63) is 106 Å². The minimum Gasteiger partial charge on any atom is -0.493 e. The smallest absolute Gasteiger partial charge is 0.253 e. The Morgan fingerprint density at radius 1 is 0.943 bits per heavy atom. The number of fused-ring (bicyclic) bond motifs is 1. The Kier molecular flexibility index (Phi) is 7.67. The molecule has 0 aliphatic carbocycles. The van der Waals surface area contributed by atoms with Crippen LogP contribution < -0.4 is 20.3 Å². The highest BCUT2D eigenvalue weighted by Gasteiger charge is 2.17. The van der Waals surface area contributed by atoms with Gasteiger partial charge >= 0.3 is 0 Å². The second-order valence-corrected chi connectivity index (χ2v) is 8.73. The van der Waals surface area contributed by atoms with Crippen LogP contribution in [-0.4, -0.2) is 29.2 Å². The molecule has 1 aromatic heterocycles. The van der Waals surface area contributed by atoms with Gasteiger partial charge in [-0.2, -0.15) is 0 Å². The Labute approximate surface area is 210 Å². The zero-order chi connectivity index (χ0) is 24.8. The van der Waals surface area contributed by atoms with Crippen molar-refractivity contribution in [2.24, 2.45) is 0 Å². The van der Waals surface area contributed by atoms with Crippen molar-refractivity contribution >= 4 is 28.2 Å². The van der Waals surface area contributed by atoms with Crippen LogP contribution in [0.3, 0.4) is 0 Å². The van der Waals surface area contributed by atoms with Gasteiger partial charge in [-0.1, -0.05) is 60.7 Å². The number of thiocarbonyl (C=S) groups is 1. The first-order valence-corrected chi connectivity index (χ1v) is 11.8. The Morgan fingerprint density at radius 3 is 2.23 bits per heavy atom. The molecule has 7 heteroatoms. The predicted octanol–water partition coefficient (Wildman–Crippen LogP) is 5.18. The fourth-order valence-electron chi connectivity index (χ4n) is 4.01. The largest absolute Gasteiger partial charge is 0.493 e. The van der Waals surface area contributed by atoms with E-state index in [0.717, 1.165) is 16.5 Å². The van der Waals surface area contributed by atoms with Crippen molar-refractivity contribution in [3.63, 3.8) is 0 Å². The monoisotopic (exact) mass is 487 g/mol. The van der Waals surface area contributed by atoms with Crippen LogP contribution in [0, 0.1) is 0 Å². The number of nitrogens with one attached hydrogen (secondary N) is 2. The number of H-pyrrole nitrogens is 1. The normalized spacial score (nSPS) is 11.6. The van der Waals surface area contributed by atoms with E-state index in [9.17, 15) is 4.79 Å². The summed E-state index contributed by atoms with van der Waals surface area (Å²) in [5, 5.41) is 4.87. The van der Waals surface area contributed by atoms with Crippen LogP contribution in [0.15, 0.2) is 83.7 Å². The molecule has 3 aromatic carbocycles. The molecule has 4 rings (SSSR count). The highest BCUT2D eigenvalue weighted by Crippen LogP contribution is 2.31. The summed E-state index contributed by atoms with van der Waals surface area (Å²) in [7, 11) is 3.16. The molecule has 0 amide bonds. The number of hydrogen-bond donors (Lipinski definition) is 2. The Balaban J connectivity index is 1.64. The van der Waals surface area contributed by atoms with Crippen molar-refractivity contribution in [2.75, 3.05) is 14.2 Å². The standard InChI is InChI=1S/C28H29N3O3S/c1-19(21-12-8-5-9-13-21)29-28(35)31(17-20-10-6-4-7-11-20)18-23-14-22-15-25(33-2)26(34-3)16-24(22)30-27(23)32/h4-16,19H,17-18H2,1-3H3,(H,29,35)(H,30,32)/t19-/m1/s1. The molecule has 0 aliphatic heterocycles. The van der Waals surface area contributed by atoms with Gasteiger partial charge in [-0.25, -0.2) is 0 Å². The van der Waals surface area contributed by atoms with Crippen molar-refractivity contribution in [1.82, 2.24) is 15.2 Å². The highest BCUT2D eigenvalue weighted by molar-refractivity contribution is 7.80. The number of aromatic amines is 1. The maximum absolute atomic E-state index is 13.0. The molecule has 35 heavy (non-hydrogen) atoms. The maximum Gasteiger partial charge on any atom is 0.253 e. The molecule has 1 heterocycles. The summed E-state index contributed by atoms with van der Waals surface area (Å²) in [6, 6.07) is 25.8. The van der Waals surface area contributed by atoms with Crippen molar-refractivity contribution in [2.45, 2.75) is 26.1 Å². The minimum atomic E-state index is -0.165. The van der Waals surface area contributed by atoms with Crippen LogP contribution in [0.4, 0.5) is 0 Å². The first-order valence-electron chi connectivity index (χ1n) is 11.4. The van der Waals surface area contributed by atoms with Crippen LogP contribution >= 0.6 is 12.2 Å². The lowest BCUT2D eigenvalue weighted by molar-refractivity contribution is 0.355. The molecular weight excluding hydrogens is 458 g/mol. The van der Waals surface area contributed by atoms with E-state index in [4.69, 9.17) is 21.7 Å². The molecule has 1 atom stereocenters. The fourth-order valence-corrected chi connectivity index (χ4v) is 4.31. The zero-order valence-corrected chi connectivity index (χ0v) is 20.9. The van der Waals surface area contributed by atoms with E-state index in [1.807, 2.05) is 53.4 Å². The van der Waals surface area contributed by atoms with E-state index in [2.05, 4.69) is 41.5 Å². The molecule has 180 valence electrons. The van der Waals surface area contributed by atoms with Crippen molar-refractivity contribution in [3.8, 4) is 11.5 Å². The Hall–Kier alpha value is -3.84. The molecule has 0 radical (unpaired) electrons. The summed E-state index contributed by atoms with van der Waals surface area (Å²) in [5.41, 5.74) is 3.37. The highest BCUT2D eigenvalue weighted by atomic mass is 32.1. The number of ether oxygens (including phenoxy) is 2. The third kappa shape index (κ3) is 5.81. The van der Waals surface area contributed by atoms with Gasteiger partial charge in [0.1, 0.15) is 0 Å². The number of methoxy groups -OCH3 is 2. The third-order valence-corrected chi connectivity index (χ3v) is 6.31. The first-order chi connectivity index (χ1) is 17.0. The van der Waals surface area contributed by atoms with Crippen LogP contribution in [0.25, 0.3) is 10.9 Å². The summed E-state index contributed by atoms with van der Waals surface area (Å²) in [4.78, 5) is 18.0. The predicted molar refractivity (Wildman–Crippen MR) is 144 cm³/mol. The lowest BCUT2D eigenvalue weighted by atomic mass is 10.1. The van der Waals surface area contributed by atoms with Gasteiger partial charge in [0.05, 0.1) is 32.3 Å². The molecular formula is C28H29N3O3S. The Bertz CT molecular complexity index is 1360. The van der Waals surface area contributed by atoms with Crippen LogP contribution in [-0.2, 0) is 13.1 Å². The van der Waals surface area contributed by atoms with Gasteiger partial charge in [-0.3, -0.25) is 4.79 Å². The molecule has 0 saturated carbocycles. The molecule has 0 spiro atoms. The van der Waals surface area contributed by atoms with Gasteiger partial charge in [-0.15, -0.1) is 0 Å². The summed E-state index contributed by atoms with van der Waals surface area (Å²) < 4.78 is 10.8. The molecule has 0 aliphatic rings. The quantitative estimate of drug-likeness (QED) is 0.334. The molecule has 6 nitrogen and oxygen atoms in total.